The number of aliphatic carboxylic acids is 1. The normalized spacial score (nSPS) is 19.3. The molecule has 1 fully saturated rings. The van der Waals surface area contributed by atoms with Crippen molar-refractivity contribution in [3.05, 3.63) is 0 Å². The highest BCUT2D eigenvalue weighted by atomic mass is 16.4. The first-order chi connectivity index (χ1) is 8.11. The number of hydrogen-bond acceptors (Lipinski definition) is 2. The van der Waals surface area contributed by atoms with Crippen molar-refractivity contribution >= 4 is 5.97 Å². The van der Waals surface area contributed by atoms with E-state index in [1.807, 2.05) is 0 Å². The quantitative estimate of drug-likeness (QED) is 0.803. The lowest BCUT2D eigenvalue weighted by molar-refractivity contribution is -0.137. The molecule has 0 aromatic rings. The Morgan fingerprint density at radius 2 is 1.71 bits per heavy atom. The van der Waals surface area contributed by atoms with Crippen molar-refractivity contribution in [1.29, 1.82) is 0 Å². The molecule has 3 heteroatoms. The van der Waals surface area contributed by atoms with E-state index in [-0.39, 0.29) is 6.42 Å². The van der Waals surface area contributed by atoms with Crippen LogP contribution in [0.2, 0.25) is 0 Å². The minimum Gasteiger partial charge on any atom is -0.481 e. The zero-order valence-electron chi connectivity index (χ0n) is 11.3. The largest absolute Gasteiger partial charge is 0.481 e. The van der Waals surface area contributed by atoms with Gasteiger partial charge in [-0.05, 0) is 26.7 Å². The highest BCUT2D eigenvalue weighted by Crippen LogP contribution is 2.23. The van der Waals surface area contributed by atoms with Crippen LogP contribution in [-0.4, -0.2) is 34.6 Å². The molecule has 0 spiro atoms. The molecular formula is C14H27NO2. The van der Waals surface area contributed by atoms with Gasteiger partial charge < -0.3 is 5.11 Å². The SMILES string of the molecule is CC(C)N(CCC(=O)O)C1CCCCCCC1. The summed E-state index contributed by atoms with van der Waals surface area (Å²) in [4.78, 5) is 13.1. The molecule has 100 valence electrons. The summed E-state index contributed by atoms with van der Waals surface area (Å²) in [5.41, 5.74) is 0. The standard InChI is InChI=1S/C14H27NO2/c1-12(2)15(11-10-14(16)17)13-8-6-4-3-5-7-9-13/h12-13H,3-11H2,1-2H3,(H,16,17). The lowest BCUT2D eigenvalue weighted by Gasteiger charge is -2.35. The van der Waals surface area contributed by atoms with E-state index in [0.29, 0.717) is 18.6 Å². The van der Waals surface area contributed by atoms with Crippen LogP contribution < -0.4 is 0 Å². The molecule has 1 rings (SSSR count). The van der Waals surface area contributed by atoms with Crippen LogP contribution in [-0.2, 0) is 4.79 Å². The Morgan fingerprint density at radius 1 is 1.18 bits per heavy atom. The van der Waals surface area contributed by atoms with Crippen LogP contribution in [0.4, 0.5) is 0 Å². The average Bonchev–Trinajstić information content (AvgIpc) is 2.19. The van der Waals surface area contributed by atoms with Gasteiger partial charge in [-0.15, -0.1) is 0 Å². The van der Waals surface area contributed by atoms with Crippen molar-refractivity contribution < 1.29 is 9.90 Å². The molecule has 1 N–H and O–H groups in total. The van der Waals surface area contributed by atoms with Crippen LogP contribution in [0.15, 0.2) is 0 Å². The van der Waals surface area contributed by atoms with Gasteiger partial charge in [-0.2, -0.15) is 0 Å². The summed E-state index contributed by atoms with van der Waals surface area (Å²) in [5.74, 6) is -0.679. The minimum atomic E-state index is -0.679. The van der Waals surface area contributed by atoms with E-state index in [4.69, 9.17) is 5.11 Å². The van der Waals surface area contributed by atoms with E-state index in [1.54, 1.807) is 0 Å². The minimum absolute atomic E-state index is 0.272. The van der Waals surface area contributed by atoms with Crippen molar-refractivity contribution in [2.45, 2.75) is 77.3 Å². The molecule has 0 aliphatic heterocycles. The summed E-state index contributed by atoms with van der Waals surface area (Å²) in [7, 11) is 0. The summed E-state index contributed by atoms with van der Waals surface area (Å²) >= 11 is 0. The molecule has 0 unspecified atom stereocenters. The fourth-order valence-corrected chi connectivity index (χ4v) is 2.85. The van der Waals surface area contributed by atoms with Gasteiger partial charge in [-0.3, -0.25) is 9.69 Å². The van der Waals surface area contributed by atoms with Crippen molar-refractivity contribution in [1.82, 2.24) is 4.90 Å². The predicted molar refractivity (Wildman–Crippen MR) is 70.2 cm³/mol. The molecule has 0 radical (unpaired) electrons. The Bertz CT molecular complexity index is 220. The Morgan fingerprint density at radius 3 is 2.18 bits per heavy atom. The molecule has 1 saturated carbocycles. The molecule has 0 bridgehead atoms. The van der Waals surface area contributed by atoms with Crippen molar-refractivity contribution in [2.24, 2.45) is 0 Å². The smallest absolute Gasteiger partial charge is 0.304 e. The molecule has 3 nitrogen and oxygen atoms in total. The summed E-state index contributed by atoms with van der Waals surface area (Å²) < 4.78 is 0. The number of hydrogen-bond donors (Lipinski definition) is 1. The van der Waals surface area contributed by atoms with Crippen LogP contribution in [0.1, 0.15) is 65.2 Å². The monoisotopic (exact) mass is 241 g/mol. The Hall–Kier alpha value is -0.570. The average molecular weight is 241 g/mol. The van der Waals surface area contributed by atoms with Crippen molar-refractivity contribution in [3.8, 4) is 0 Å². The van der Waals surface area contributed by atoms with E-state index < -0.39 is 5.97 Å². The summed E-state index contributed by atoms with van der Waals surface area (Å²) in [5, 5.41) is 8.82. The van der Waals surface area contributed by atoms with Gasteiger partial charge in [0.1, 0.15) is 0 Å². The molecule has 0 saturated heterocycles. The third-order valence-corrected chi connectivity index (χ3v) is 3.79. The van der Waals surface area contributed by atoms with Gasteiger partial charge in [-0.25, -0.2) is 0 Å². The number of carboxylic acids is 1. The number of nitrogens with zero attached hydrogens (tertiary/aromatic N) is 1. The van der Waals surface area contributed by atoms with Crippen LogP contribution >= 0.6 is 0 Å². The van der Waals surface area contributed by atoms with E-state index >= 15 is 0 Å². The Kier molecular flexibility index (Phi) is 6.56. The second-order valence-electron chi connectivity index (χ2n) is 5.47. The fourth-order valence-electron chi connectivity index (χ4n) is 2.85. The summed E-state index contributed by atoms with van der Waals surface area (Å²) in [6, 6.07) is 1.06. The van der Waals surface area contributed by atoms with Gasteiger partial charge >= 0.3 is 5.97 Å². The molecular weight excluding hydrogens is 214 g/mol. The van der Waals surface area contributed by atoms with Gasteiger partial charge in [0.2, 0.25) is 0 Å². The van der Waals surface area contributed by atoms with Gasteiger partial charge in [0.15, 0.2) is 0 Å². The van der Waals surface area contributed by atoms with E-state index in [2.05, 4.69) is 18.7 Å². The highest BCUT2D eigenvalue weighted by Gasteiger charge is 2.22. The first-order valence-corrected chi connectivity index (χ1v) is 7.09. The first-order valence-electron chi connectivity index (χ1n) is 7.09. The zero-order chi connectivity index (χ0) is 12.7. The lowest BCUT2D eigenvalue weighted by atomic mass is 9.94. The topological polar surface area (TPSA) is 40.5 Å². The highest BCUT2D eigenvalue weighted by molar-refractivity contribution is 5.66. The molecule has 0 amide bonds. The summed E-state index contributed by atoms with van der Waals surface area (Å²) in [6.45, 7) is 5.07. The zero-order valence-corrected chi connectivity index (χ0v) is 11.3. The molecule has 0 atom stereocenters. The van der Waals surface area contributed by atoms with E-state index in [1.165, 1.54) is 44.9 Å². The second kappa shape index (κ2) is 7.70. The van der Waals surface area contributed by atoms with Gasteiger partial charge in [0.05, 0.1) is 6.42 Å². The van der Waals surface area contributed by atoms with Crippen LogP contribution in [0, 0.1) is 0 Å². The number of carboxylic acid groups (broad SMARTS) is 1. The maximum atomic E-state index is 10.7. The number of rotatable bonds is 5. The first kappa shape index (κ1) is 14.5. The molecule has 0 aromatic heterocycles. The maximum Gasteiger partial charge on any atom is 0.304 e. The third kappa shape index (κ3) is 5.53. The third-order valence-electron chi connectivity index (χ3n) is 3.79. The molecule has 17 heavy (non-hydrogen) atoms. The van der Waals surface area contributed by atoms with Crippen molar-refractivity contribution in [2.75, 3.05) is 6.54 Å². The van der Waals surface area contributed by atoms with Crippen LogP contribution in [0.25, 0.3) is 0 Å². The van der Waals surface area contributed by atoms with Gasteiger partial charge in [0, 0.05) is 18.6 Å². The van der Waals surface area contributed by atoms with Crippen molar-refractivity contribution in [3.63, 3.8) is 0 Å². The predicted octanol–water partition coefficient (Wildman–Crippen LogP) is 3.28. The maximum absolute atomic E-state index is 10.7. The van der Waals surface area contributed by atoms with Crippen LogP contribution in [0.5, 0.6) is 0 Å². The second-order valence-corrected chi connectivity index (χ2v) is 5.47. The molecule has 1 aliphatic rings. The van der Waals surface area contributed by atoms with Gasteiger partial charge in [0.25, 0.3) is 0 Å². The summed E-state index contributed by atoms with van der Waals surface area (Å²) in [6.07, 6.45) is 9.46. The van der Waals surface area contributed by atoms with Gasteiger partial charge in [-0.1, -0.05) is 32.1 Å². The lowest BCUT2D eigenvalue weighted by Crippen LogP contribution is -2.42. The van der Waals surface area contributed by atoms with Crippen LogP contribution in [0.3, 0.4) is 0 Å². The Labute approximate surface area is 105 Å². The molecule has 0 heterocycles. The molecule has 1 aliphatic carbocycles. The van der Waals surface area contributed by atoms with E-state index in [9.17, 15) is 4.79 Å². The number of carbonyl (C=O) groups is 1. The fraction of sp³-hybridized carbons (Fsp3) is 0.929. The Balaban J connectivity index is 2.50. The van der Waals surface area contributed by atoms with E-state index in [0.717, 1.165) is 0 Å². The molecule has 0 aromatic carbocycles.